The Morgan fingerprint density at radius 1 is 1.46 bits per heavy atom. The Kier molecular flexibility index (Phi) is 2.98. The molecular weight excluding hydrogens is 198 g/mol. The second-order valence-corrected chi connectivity index (χ2v) is 3.02. The number of Topliss-reactive ketones (excluding diaryl/α,β-unsaturated/α-hetero) is 1. The zero-order chi connectivity index (χ0) is 10.0. The van der Waals surface area contributed by atoms with Crippen LogP contribution in [-0.4, -0.2) is 5.78 Å². The second-order valence-electron chi connectivity index (χ2n) is 2.59. The summed E-state index contributed by atoms with van der Waals surface area (Å²) in [5.41, 5.74) is -0.278. The van der Waals surface area contributed by atoms with Crippen LogP contribution in [0, 0.1) is 0 Å². The third-order valence-corrected chi connectivity index (χ3v) is 1.86. The molecule has 0 atom stereocenters. The Labute approximate surface area is 79.3 Å². The fraction of sp³-hybridized carbons (Fsp3) is 0.222. The second kappa shape index (κ2) is 3.83. The van der Waals surface area contributed by atoms with Crippen molar-refractivity contribution in [3.05, 3.63) is 34.3 Å². The number of hydrogen-bond donors (Lipinski definition) is 0. The first kappa shape index (κ1) is 10.1. The number of benzene rings is 1. The Morgan fingerprint density at radius 3 is 2.54 bits per heavy atom. The highest BCUT2D eigenvalue weighted by Gasteiger charge is 2.15. The summed E-state index contributed by atoms with van der Waals surface area (Å²) in [7, 11) is 0. The van der Waals surface area contributed by atoms with Gasteiger partial charge in [-0.25, -0.2) is 8.78 Å². The monoisotopic (exact) mass is 204 g/mol. The molecule has 0 amide bonds. The van der Waals surface area contributed by atoms with Gasteiger partial charge >= 0.3 is 0 Å². The molecule has 1 nitrogen and oxygen atoms in total. The molecule has 1 rings (SSSR count). The molecule has 0 saturated carbocycles. The molecule has 1 aromatic carbocycles. The smallest absolute Gasteiger partial charge is 0.264 e. The zero-order valence-electron chi connectivity index (χ0n) is 6.85. The van der Waals surface area contributed by atoms with Crippen LogP contribution in [0.5, 0.6) is 0 Å². The number of halogens is 3. The number of rotatable bonds is 2. The van der Waals surface area contributed by atoms with Crippen LogP contribution in [0.3, 0.4) is 0 Å². The van der Waals surface area contributed by atoms with Gasteiger partial charge in [0.2, 0.25) is 0 Å². The molecule has 0 bridgehead atoms. The van der Waals surface area contributed by atoms with Crippen molar-refractivity contribution in [2.45, 2.75) is 13.3 Å². The largest absolute Gasteiger partial charge is 0.294 e. The molecule has 4 heteroatoms. The van der Waals surface area contributed by atoms with Crippen molar-refractivity contribution in [2.75, 3.05) is 0 Å². The Bertz CT molecular complexity index is 336. The van der Waals surface area contributed by atoms with Crippen LogP contribution in [0.4, 0.5) is 8.78 Å². The molecule has 0 unspecified atom stereocenters. The van der Waals surface area contributed by atoms with E-state index in [1.807, 2.05) is 0 Å². The Hall–Kier alpha value is -0.960. The molecule has 0 radical (unpaired) electrons. The third-order valence-electron chi connectivity index (χ3n) is 1.63. The maximum Gasteiger partial charge on any atom is 0.264 e. The van der Waals surface area contributed by atoms with Crippen molar-refractivity contribution in [3.63, 3.8) is 0 Å². The normalized spacial score (nSPS) is 10.5. The minimum absolute atomic E-state index is 0.0272. The van der Waals surface area contributed by atoms with Gasteiger partial charge in [-0.1, -0.05) is 11.6 Å². The molecule has 0 heterocycles. The average molecular weight is 205 g/mol. The van der Waals surface area contributed by atoms with E-state index in [4.69, 9.17) is 11.6 Å². The van der Waals surface area contributed by atoms with E-state index in [0.717, 1.165) is 6.07 Å². The highest BCUT2D eigenvalue weighted by atomic mass is 35.5. The summed E-state index contributed by atoms with van der Waals surface area (Å²) in [4.78, 5) is 10.9. The summed E-state index contributed by atoms with van der Waals surface area (Å²) in [5, 5.41) is 0.209. The summed E-state index contributed by atoms with van der Waals surface area (Å²) in [6.45, 7) is 1.25. The van der Waals surface area contributed by atoms with E-state index in [2.05, 4.69) is 0 Å². The quantitative estimate of drug-likeness (QED) is 0.674. The van der Waals surface area contributed by atoms with Crippen LogP contribution in [-0.2, 0) is 0 Å². The maximum absolute atomic E-state index is 12.4. The van der Waals surface area contributed by atoms with Crippen LogP contribution in [0.1, 0.15) is 29.3 Å². The van der Waals surface area contributed by atoms with Crippen LogP contribution >= 0.6 is 11.6 Å². The van der Waals surface area contributed by atoms with Crippen LogP contribution in [0.2, 0.25) is 5.02 Å². The maximum atomic E-state index is 12.4. The van der Waals surface area contributed by atoms with E-state index in [0.29, 0.717) is 0 Å². The van der Waals surface area contributed by atoms with Gasteiger partial charge in [0, 0.05) is 16.1 Å². The van der Waals surface area contributed by atoms with Gasteiger partial charge in [-0.3, -0.25) is 4.79 Å². The van der Waals surface area contributed by atoms with Crippen molar-refractivity contribution >= 4 is 17.4 Å². The summed E-state index contributed by atoms with van der Waals surface area (Å²) in [5.74, 6) is -0.382. The van der Waals surface area contributed by atoms with E-state index >= 15 is 0 Å². The molecule has 0 aliphatic heterocycles. The number of alkyl halides is 2. The van der Waals surface area contributed by atoms with E-state index in [1.54, 1.807) is 0 Å². The van der Waals surface area contributed by atoms with Gasteiger partial charge in [0.15, 0.2) is 5.78 Å². The highest BCUT2D eigenvalue weighted by Crippen LogP contribution is 2.26. The third kappa shape index (κ3) is 2.25. The van der Waals surface area contributed by atoms with Crippen LogP contribution in [0.25, 0.3) is 0 Å². The van der Waals surface area contributed by atoms with Crippen molar-refractivity contribution in [2.24, 2.45) is 0 Å². The molecule has 70 valence electrons. The van der Waals surface area contributed by atoms with E-state index < -0.39 is 6.43 Å². The number of carbonyl (C=O) groups excluding carboxylic acids is 1. The Morgan fingerprint density at radius 2 is 2.08 bits per heavy atom. The van der Waals surface area contributed by atoms with Crippen molar-refractivity contribution in [3.8, 4) is 0 Å². The van der Waals surface area contributed by atoms with E-state index in [1.165, 1.54) is 19.1 Å². The number of carbonyl (C=O) groups is 1. The summed E-state index contributed by atoms with van der Waals surface area (Å²) < 4.78 is 24.7. The van der Waals surface area contributed by atoms with Gasteiger partial charge in [-0.2, -0.15) is 0 Å². The van der Waals surface area contributed by atoms with Gasteiger partial charge in [-0.05, 0) is 25.1 Å². The number of hydrogen-bond acceptors (Lipinski definition) is 1. The lowest BCUT2D eigenvalue weighted by Gasteiger charge is -2.05. The molecule has 13 heavy (non-hydrogen) atoms. The van der Waals surface area contributed by atoms with Gasteiger partial charge in [0.05, 0.1) is 0 Å². The van der Waals surface area contributed by atoms with E-state index in [9.17, 15) is 13.6 Å². The standard InChI is InChI=1S/C9H7ClF2O/c1-5(13)7-3-2-6(10)4-8(7)9(11)12/h2-4,9H,1H3. The number of ketones is 1. The lowest BCUT2D eigenvalue weighted by Crippen LogP contribution is -1.99. The van der Waals surface area contributed by atoms with Gasteiger partial charge in [0.25, 0.3) is 6.43 Å². The molecule has 0 spiro atoms. The lowest BCUT2D eigenvalue weighted by atomic mass is 10.1. The molecular formula is C9H7ClF2O. The van der Waals surface area contributed by atoms with Crippen molar-refractivity contribution in [1.29, 1.82) is 0 Å². The summed E-state index contributed by atoms with van der Waals surface area (Å²) in [6.07, 6.45) is -2.67. The topological polar surface area (TPSA) is 17.1 Å². The first-order chi connectivity index (χ1) is 6.02. The van der Waals surface area contributed by atoms with E-state index in [-0.39, 0.29) is 21.9 Å². The molecule has 0 fully saturated rings. The first-order valence-electron chi connectivity index (χ1n) is 3.61. The molecule has 0 N–H and O–H groups in total. The van der Waals surface area contributed by atoms with Crippen molar-refractivity contribution in [1.82, 2.24) is 0 Å². The first-order valence-corrected chi connectivity index (χ1v) is 3.98. The van der Waals surface area contributed by atoms with Gasteiger partial charge in [-0.15, -0.1) is 0 Å². The zero-order valence-corrected chi connectivity index (χ0v) is 7.61. The fourth-order valence-electron chi connectivity index (χ4n) is 1.03. The fourth-order valence-corrected chi connectivity index (χ4v) is 1.22. The summed E-state index contributed by atoms with van der Waals surface area (Å²) >= 11 is 5.52. The molecule has 1 aromatic rings. The summed E-state index contributed by atoms with van der Waals surface area (Å²) in [6, 6.07) is 3.85. The highest BCUT2D eigenvalue weighted by molar-refractivity contribution is 6.30. The van der Waals surface area contributed by atoms with Crippen LogP contribution in [0.15, 0.2) is 18.2 Å². The van der Waals surface area contributed by atoms with Gasteiger partial charge in [0.1, 0.15) is 0 Å². The molecule has 0 aliphatic carbocycles. The van der Waals surface area contributed by atoms with Crippen LogP contribution < -0.4 is 0 Å². The molecule has 0 saturated heterocycles. The minimum Gasteiger partial charge on any atom is -0.294 e. The Balaban J connectivity index is 3.26. The SMILES string of the molecule is CC(=O)c1ccc(Cl)cc1C(F)F. The lowest BCUT2D eigenvalue weighted by molar-refractivity contribution is 0.0999. The predicted molar refractivity (Wildman–Crippen MR) is 46.4 cm³/mol. The predicted octanol–water partition coefficient (Wildman–Crippen LogP) is 3.48. The van der Waals surface area contributed by atoms with Gasteiger partial charge < -0.3 is 0 Å². The molecule has 0 aromatic heterocycles. The minimum atomic E-state index is -2.67. The van der Waals surface area contributed by atoms with Crippen molar-refractivity contribution < 1.29 is 13.6 Å². The molecule has 0 aliphatic rings. The average Bonchev–Trinajstić information content (AvgIpc) is 2.03.